The minimum Gasteiger partial charge on any atom is -0.466 e. The number of rotatable bonds is 9. The van der Waals surface area contributed by atoms with Gasteiger partial charge in [-0.1, -0.05) is 32.0 Å². The van der Waals surface area contributed by atoms with Gasteiger partial charge in [0.25, 0.3) is 0 Å². The highest BCUT2D eigenvalue weighted by molar-refractivity contribution is 9.10. The lowest BCUT2D eigenvalue weighted by Gasteiger charge is -2.38. The molecule has 0 spiro atoms. The summed E-state index contributed by atoms with van der Waals surface area (Å²) in [5, 5.41) is 2.54. The van der Waals surface area contributed by atoms with Crippen molar-refractivity contribution in [2.75, 3.05) is 16.8 Å². The predicted octanol–water partition coefficient (Wildman–Crippen LogP) is 7.26. The Morgan fingerprint density at radius 2 is 1.86 bits per heavy atom. The Morgan fingerprint density at radius 3 is 2.49 bits per heavy atom. The van der Waals surface area contributed by atoms with Crippen LogP contribution >= 0.6 is 15.9 Å². The van der Waals surface area contributed by atoms with Gasteiger partial charge in [0.1, 0.15) is 10.3 Å². The summed E-state index contributed by atoms with van der Waals surface area (Å²) in [5.74, 6) is -1.44. The first-order valence-electron chi connectivity index (χ1n) is 12.3. The molecule has 0 atom stereocenters. The van der Waals surface area contributed by atoms with E-state index in [-0.39, 0.29) is 34.1 Å². The number of hydrogen-bond acceptors (Lipinski definition) is 5. The Kier molecular flexibility index (Phi) is 10.2. The molecule has 0 unspecified atom stereocenters. The maximum absolute atomic E-state index is 14.2. The van der Waals surface area contributed by atoms with Gasteiger partial charge in [0.05, 0.1) is 6.61 Å². The number of urea groups is 1. The molecule has 1 saturated carbocycles. The van der Waals surface area contributed by atoms with Gasteiger partial charge >= 0.3 is 18.6 Å². The zero-order chi connectivity index (χ0) is 27.1. The number of nitrogens with one attached hydrogen (secondary N) is 1. The Bertz CT molecular complexity index is 1090. The lowest BCUT2D eigenvalue weighted by atomic mass is 9.83. The van der Waals surface area contributed by atoms with Crippen LogP contribution in [0.2, 0.25) is 0 Å². The van der Waals surface area contributed by atoms with Gasteiger partial charge in [-0.05, 0) is 72.0 Å². The zero-order valence-electron chi connectivity index (χ0n) is 21.0. The van der Waals surface area contributed by atoms with Crippen molar-refractivity contribution in [2.45, 2.75) is 71.4 Å². The van der Waals surface area contributed by atoms with Crippen molar-refractivity contribution in [1.29, 1.82) is 0 Å². The van der Waals surface area contributed by atoms with Crippen LogP contribution < -0.4 is 15.0 Å². The number of carbonyl (C=O) groups is 2. The molecule has 3 rings (SSSR count). The molecule has 202 valence electrons. The van der Waals surface area contributed by atoms with Crippen LogP contribution in [0.15, 0.2) is 34.9 Å². The first-order valence-corrected chi connectivity index (χ1v) is 13.1. The molecule has 1 fully saturated rings. The first kappa shape index (κ1) is 28.7. The Balaban J connectivity index is 1.91. The number of para-hydroxylation sites is 1. The van der Waals surface area contributed by atoms with Crippen LogP contribution in [-0.4, -0.2) is 36.2 Å². The smallest absolute Gasteiger partial charge is 0.388 e. The number of nitrogens with zero attached hydrogens (tertiary/aromatic N) is 2. The van der Waals surface area contributed by atoms with E-state index in [9.17, 15) is 22.8 Å². The van der Waals surface area contributed by atoms with Crippen LogP contribution in [0.5, 0.6) is 5.88 Å². The lowest BCUT2D eigenvalue weighted by molar-refractivity contribution is -0.144. The van der Waals surface area contributed by atoms with Gasteiger partial charge in [-0.3, -0.25) is 9.69 Å². The normalized spacial score (nSPS) is 17.5. The summed E-state index contributed by atoms with van der Waals surface area (Å²) >= 11 is 2.86. The summed E-state index contributed by atoms with van der Waals surface area (Å²) in [4.78, 5) is 30.9. The third-order valence-electron chi connectivity index (χ3n) is 6.32. The quantitative estimate of drug-likeness (QED) is 0.247. The van der Waals surface area contributed by atoms with Crippen LogP contribution in [0.25, 0.3) is 0 Å². The van der Waals surface area contributed by atoms with Gasteiger partial charge in [-0.2, -0.15) is 8.78 Å². The SMILES string of the molecule is CCOC(=O)CC1CCC(N(C(=O)Nc2cc(F)c(Br)nc2OC(F)F)c2ccccc2C(C)C)CC1. The molecule has 0 saturated heterocycles. The van der Waals surface area contributed by atoms with E-state index in [1.807, 2.05) is 38.1 Å². The summed E-state index contributed by atoms with van der Waals surface area (Å²) in [6.07, 6.45) is 3.00. The summed E-state index contributed by atoms with van der Waals surface area (Å²) in [5.41, 5.74) is 1.29. The van der Waals surface area contributed by atoms with Gasteiger partial charge in [0.2, 0.25) is 5.88 Å². The number of esters is 1. The molecule has 1 aromatic carbocycles. The molecule has 0 bridgehead atoms. The third kappa shape index (κ3) is 7.59. The fraction of sp³-hybridized carbons (Fsp3) is 0.500. The molecule has 1 N–H and O–H groups in total. The fourth-order valence-corrected chi connectivity index (χ4v) is 4.90. The number of amides is 2. The summed E-state index contributed by atoms with van der Waals surface area (Å²) in [6, 6.07) is 7.49. The van der Waals surface area contributed by atoms with Crippen LogP contribution in [0, 0.1) is 11.7 Å². The van der Waals surface area contributed by atoms with Crippen LogP contribution in [0.4, 0.5) is 29.3 Å². The molecular weight excluding hydrogens is 555 g/mol. The molecule has 2 amide bonds. The predicted molar refractivity (Wildman–Crippen MR) is 138 cm³/mol. The molecule has 0 aliphatic heterocycles. The molecule has 1 aliphatic rings. The lowest BCUT2D eigenvalue weighted by Crippen LogP contribution is -2.45. The average Bonchev–Trinajstić information content (AvgIpc) is 2.83. The molecule has 37 heavy (non-hydrogen) atoms. The second-order valence-electron chi connectivity index (χ2n) is 9.19. The molecule has 7 nitrogen and oxygen atoms in total. The van der Waals surface area contributed by atoms with Crippen molar-refractivity contribution in [2.24, 2.45) is 5.92 Å². The number of hydrogen-bond donors (Lipinski definition) is 1. The number of pyridine rings is 1. The Labute approximate surface area is 222 Å². The van der Waals surface area contributed by atoms with E-state index in [0.717, 1.165) is 11.6 Å². The summed E-state index contributed by atoms with van der Waals surface area (Å²) in [6.45, 7) is 2.90. The summed E-state index contributed by atoms with van der Waals surface area (Å²) in [7, 11) is 0. The molecule has 1 aliphatic carbocycles. The fourth-order valence-electron chi connectivity index (χ4n) is 4.62. The van der Waals surface area contributed by atoms with E-state index >= 15 is 0 Å². The third-order valence-corrected chi connectivity index (χ3v) is 6.88. The van der Waals surface area contributed by atoms with E-state index in [4.69, 9.17) is 4.74 Å². The van der Waals surface area contributed by atoms with Crippen molar-refractivity contribution < 1.29 is 32.2 Å². The van der Waals surface area contributed by atoms with Crippen molar-refractivity contribution in [3.8, 4) is 5.88 Å². The van der Waals surface area contributed by atoms with Crippen molar-refractivity contribution in [1.82, 2.24) is 4.98 Å². The number of anilines is 2. The highest BCUT2D eigenvalue weighted by Crippen LogP contribution is 2.37. The second-order valence-corrected chi connectivity index (χ2v) is 9.94. The van der Waals surface area contributed by atoms with Gasteiger partial charge in [0, 0.05) is 24.2 Å². The topological polar surface area (TPSA) is 80.8 Å². The monoisotopic (exact) mass is 585 g/mol. The highest BCUT2D eigenvalue weighted by Gasteiger charge is 2.33. The van der Waals surface area contributed by atoms with E-state index in [2.05, 4.69) is 31.0 Å². The zero-order valence-corrected chi connectivity index (χ0v) is 22.6. The minimum absolute atomic E-state index is 0.0937. The van der Waals surface area contributed by atoms with Crippen molar-refractivity contribution in [3.63, 3.8) is 0 Å². The number of alkyl halides is 2. The van der Waals surface area contributed by atoms with Gasteiger partial charge in [-0.25, -0.2) is 14.2 Å². The van der Waals surface area contributed by atoms with Gasteiger partial charge in [0.15, 0.2) is 5.82 Å². The molecule has 0 radical (unpaired) electrons. The summed E-state index contributed by atoms with van der Waals surface area (Å²) < 4.78 is 49.4. The van der Waals surface area contributed by atoms with Gasteiger partial charge < -0.3 is 14.8 Å². The second kappa shape index (κ2) is 13.1. The van der Waals surface area contributed by atoms with E-state index < -0.39 is 24.3 Å². The maximum atomic E-state index is 14.2. The number of benzene rings is 1. The Morgan fingerprint density at radius 1 is 1.19 bits per heavy atom. The minimum atomic E-state index is -3.21. The number of aromatic nitrogens is 1. The van der Waals surface area contributed by atoms with E-state index in [0.29, 0.717) is 44.4 Å². The van der Waals surface area contributed by atoms with Crippen molar-refractivity contribution in [3.05, 3.63) is 46.3 Å². The van der Waals surface area contributed by atoms with Crippen LogP contribution in [0.1, 0.15) is 64.4 Å². The average molecular weight is 586 g/mol. The molecule has 2 aromatic rings. The van der Waals surface area contributed by atoms with Crippen LogP contribution in [-0.2, 0) is 9.53 Å². The molecule has 1 heterocycles. The van der Waals surface area contributed by atoms with E-state index in [1.54, 1.807) is 11.8 Å². The standard InChI is InChI=1S/C26H31BrF3N3O4/c1-4-36-22(34)13-16-9-11-17(12-10-16)33(21-8-6-5-7-18(21)15(2)3)26(35)31-20-14-19(28)23(27)32-24(20)37-25(29)30/h5-8,14-17,25H,4,9-13H2,1-3H3,(H,31,35). The van der Waals surface area contributed by atoms with Gasteiger partial charge in [-0.15, -0.1) is 0 Å². The number of halogens is 4. The van der Waals surface area contributed by atoms with Crippen LogP contribution in [0.3, 0.4) is 0 Å². The molecular formula is C26H31BrF3N3O4. The maximum Gasteiger partial charge on any atom is 0.388 e. The van der Waals surface area contributed by atoms with E-state index in [1.165, 1.54) is 0 Å². The largest absolute Gasteiger partial charge is 0.466 e. The number of ether oxygens (including phenoxy) is 2. The van der Waals surface area contributed by atoms with Crippen molar-refractivity contribution >= 4 is 39.3 Å². The first-order chi connectivity index (χ1) is 17.6. The highest BCUT2D eigenvalue weighted by atomic mass is 79.9. The number of carbonyl (C=O) groups excluding carboxylic acids is 2. The molecule has 1 aromatic heterocycles. The Hall–Kier alpha value is -2.82. The molecule has 11 heteroatoms.